The summed E-state index contributed by atoms with van der Waals surface area (Å²) in [5, 5.41) is 0. The number of amides is 1. The molecule has 170 valence electrons. The summed E-state index contributed by atoms with van der Waals surface area (Å²) >= 11 is 3.42. The van der Waals surface area contributed by atoms with Crippen LogP contribution in [0.15, 0.2) is 38.3 Å². The number of carbonyl (C=O) groups is 1. The highest BCUT2D eigenvalue weighted by Crippen LogP contribution is 2.19. The molecule has 0 aliphatic carbocycles. The van der Waals surface area contributed by atoms with Crippen LogP contribution in [0.1, 0.15) is 39.2 Å². The van der Waals surface area contributed by atoms with Gasteiger partial charge in [0, 0.05) is 24.1 Å². The number of aromatic amines is 1. The van der Waals surface area contributed by atoms with Crippen LogP contribution in [-0.2, 0) is 17.9 Å². The normalized spacial score (nSPS) is 11.3. The summed E-state index contributed by atoms with van der Waals surface area (Å²) in [6.45, 7) is 7.32. The molecule has 0 atom stereocenters. The number of halogens is 1. The molecule has 0 saturated carbocycles. The minimum atomic E-state index is -0.637. The lowest BCUT2D eigenvalue weighted by Crippen LogP contribution is -2.45. The molecule has 8 nitrogen and oxygen atoms in total. The van der Waals surface area contributed by atoms with Gasteiger partial charge in [0.15, 0.2) is 5.69 Å². The fourth-order valence-corrected chi connectivity index (χ4v) is 3.60. The van der Waals surface area contributed by atoms with Gasteiger partial charge >= 0.3 is 5.69 Å². The quantitative estimate of drug-likeness (QED) is 0.529. The molecule has 0 bridgehead atoms. The van der Waals surface area contributed by atoms with Crippen LogP contribution in [0, 0.1) is 5.92 Å². The van der Waals surface area contributed by atoms with E-state index in [9.17, 15) is 14.4 Å². The Morgan fingerprint density at radius 3 is 2.45 bits per heavy atom. The van der Waals surface area contributed by atoms with Crippen LogP contribution in [0.2, 0.25) is 0 Å². The maximum atomic E-state index is 13.2. The summed E-state index contributed by atoms with van der Waals surface area (Å²) in [6, 6.07) is 7.89. The first-order chi connectivity index (χ1) is 14.6. The van der Waals surface area contributed by atoms with Crippen molar-refractivity contribution in [1.29, 1.82) is 0 Å². The van der Waals surface area contributed by atoms with Gasteiger partial charge in [-0.2, -0.15) is 0 Å². The van der Waals surface area contributed by atoms with Gasteiger partial charge in [0.2, 0.25) is 5.91 Å². The van der Waals surface area contributed by atoms with Crippen molar-refractivity contribution in [3.63, 3.8) is 0 Å². The summed E-state index contributed by atoms with van der Waals surface area (Å²) < 4.78 is 2.33. The molecule has 1 aromatic carbocycles. The minimum absolute atomic E-state index is 0.0301. The van der Waals surface area contributed by atoms with Crippen LogP contribution in [0.25, 0.3) is 0 Å². The predicted molar refractivity (Wildman–Crippen MR) is 128 cm³/mol. The zero-order chi connectivity index (χ0) is 23.1. The molecule has 0 aliphatic rings. The first kappa shape index (κ1) is 24.9. The highest BCUT2D eigenvalue weighted by molar-refractivity contribution is 9.10. The smallest absolute Gasteiger partial charge is 0.330 e. The zero-order valence-corrected chi connectivity index (χ0v) is 20.2. The number of likely N-dealkylation sites (N-methyl/N-ethyl adjacent to an activating group) is 1. The number of nitrogens with one attached hydrogen (secondary N) is 1. The maximum absolute atomic E-state index is 13.2. The fourth-order valence-electron chi connectivity index (χ4n) is 3.34. The van der Waals surface area contributed by atoms with Crippen molar-refractivity contribution in [2.24, 2.45) is 5.92 Å². The molecular formula is C22H32BrN5O3. The van der Waals surface area contributed by atoms with Gasteiger partial charge in [-0.3, -0.25) is 24.0 Å². The molecule has 1 amide bonds. The van der Waals surface area contributed by atoms with E-state index in [4.69, 9.17) is 5.73 Å². The van der Waals surface area contributed by atoms with E-state index in [1.807, 2.05) is 57.0 Å². The molecule has 9 heteroatoms. The minimum Gasteiger partial charge on any atom is -0.383 e. The van der Waals surface area contributed by atoms with Gasteiger partial charge in [-0.25, -0.2) is 4.79 Å². The Hall–Kier alpha value is -2.39. The number of hydrogen-bond acceptors (Lipinski definition) is 5. The standard InChI is InChI=1S/C22H32BrN5O3/c1-5-6-11-27(18(29)14-26(4)13-16-7-9-17(23)10-8-16)19-20(24)28(12-15(2)3)22(31)25-21(19)30/h7-10,15H,5-6,11-14,24H2,1-4H3,(H,25,30,31). The Bertz CT molecular complexity index is 998. The maximum Gasteiger partial charge on any atom is 0.330 e. The number of nitrogens with two attached hydrogens (primary N) is 1. The number of unbranched alkanes of at least 4 members (excludes halogenated alkanes) is 1. The van der Waals surface area contributed by atoms with Crippen molar-refractivity contribution in [2.75, 3.05) is 30.8 Å². The van der Waals surface area contributed by atoms with Crippen LogP contribution >= 0.6 is 15.9 Å². The van der Waals surface area contributed by atoms with Crippen LogP contribution in [0.4, 0.5) is 11.5 Å². The summed E-state index contributed by atoms with van der Waals surface area (Å²) in [5.41, 5.74) is 6.17. The second-order valence-corrected chi connectivity index (χ2v) is 9.11. The summed E-state index contributed by atoms with van der Waals surface area (Å²) in [5.74, 6) is -0.0574. The third-order valence-corrected chi connectivity index (χ3v) is 5.37. The number of benzene rings is 1. The molecule has 0 aliphatic heterocycles. The molecule has 0 saturated heterocycles. The Balaban J connectivity index is 2.32. The lowest BCUT2D eigenvalue weighted by atomic mass is 10.2. The fraction of sp³-hybridized carbons (Fsp3) is 0.500. The van der Waals surface area contributed by atoms with Gasteiger partial charge in [-0.1, -0.05) is 55.3 Å². The summed E-state index contributed by atoms with van der Waals surface area (Å²) in [6.07, 6.45) is 1.56. The first-order valence-electron chi connectivity index (χ1n) is 10.5. The third kappa shape index (κ3) is 6.80. The van der Waals surface area contributed by atoms with Crippen molar-refractivity contribution < 1.29 is 4.79 Å². The summed E-state index contributed by atoms with van der Waals surface area (Å²) in [4.78, 5) is 43.8. The number of nitrogen functional groups attached to an aromatic ring is 1. The zero-order valence-electron chi connectivity index (χ0n) is 18.7. The second-order valence-electron chi connectivity index (χ2n) is 8.20. The largest absolute Gasteiger partial charge is 0.383 e. The van der Waals surface area contributed by atoms with Gasteiger partial charge < -0.3 is 10.6 Å². The molecule has 31 heavy (non-hydrogen) atoms. The van der Waals surface area contributed by atoms with Crippen molar-refractivity contribution in [1.82, 2.24) is 14.5 Å². The molecule has 1 heterocycles. The van der Waals surface area contributed by atoms with Crippen molar-refractivity contribution in [3.8, 4) is 0 Å². The van der Waals surface area contributed by atoms with E-state index in [2.05, 4.69) is 20.9 Å². The number of hydrogen-bond donors (Lipinski definition) is 2. The van der Waals surface area contributed by atoms with E-state index in [0.717, 1.165) is 16.5 Å². The monoisotopic (exact) mass is 493 g/mol. The number of aromatic nitrogens is 2. The van der Waals surface area contributed by atoms with E-state index in [0.29, 0.717) is 26.1 Å². The molecule has 0 spiro atoms. The van der Waals surface area contributed by atoms with Gasteiger partial charge in [-0.15, -0.1) is 0 Å². The molecular weight excluding hydrogens is 462 g/mol. The predicted octanol–water partition coefficient (Wildman–Crippen LogP) is 2.80. The Kier molecular flexibility index (Phi) is 9.06. The third-order valence-electron chi connectivity index (χ3n) is 4.84. The lowest BCUT2D eigenvalue weighted by molar-refractivity contribution is -0.119. The van der Waals surface area contributed by atoms with Gasteiger partial charge in [-0.05, 0) is 37.1 Å². The SMILES string of the molecule is CCCCN(C(=O)CN(C)Cc1ccc(Br)cc1)c1c(N)n(CC(C)C)c(=O)[nH]c1=O. The number of nitrogens with zero attached hydrogens (tertiary/aromatic N) is 3. The molecule has 0 radical (unpaired) electrons. The van der Waals surface area contributed by atoms with Gasteiger partial charge in [0.05, 0.1) is 6.54 Å². The molecule has 2 aromatic rings. The Morgan fingerprint density at radius 1 is 1.23 bits per heavy atom. The first-order valence-corrected chi connectivity index (χ1v) is 11.3. The number of anilines is 2. The Morgan fingerprint density at radius 2 is 1.87 bits per heavy atom. The Labute approximate surface area is 191 Å². The van der Waals surface area contributed by atoms with Crippen LogP contribution in [0.5, 0.6) is 0 Å². The van der Waals surface area contributed by atoms with Crippen molar-refractivity contribution >= 4 is 33.3 Å². The van der Waals surface area contributed by atoms with E-state index in [1.54, 1.807) is 0 Å². The highest BCUT2D eigenvalue weighted by Gasteiger charge is 2.25. The topological polar surface area (TPSA) is 104 Å². The average Bonchev–Trinajstić information content (AvgIpc) is 2.69. The van der Waals surface area contributed by atoms with E-state index >= 15 is 0 Å². The van der Waals surface area contributed by atoms with E-state index in [-0.39, 0.29) is 29.9 Å². The number of carbonyl (C=O) groups excluding carboxylic acids is 1. The van der Waals surface area contributed by atoms with Crippen molar-refractivity contribution in [3.05, 3.63) is 55.1 Å². The molecule has 1 aromatic heterocycles. The van der Waals surface area contributed by atoms with E-state index < -0.39 is 11.2 Å². The average molecular weight is 494 g/mol. The summed E-state index contributed by atoms with van der Waals surface area (Å²) in [7, 11) is 1.85. The lowest BCUT2D eigenvalue weighted by Gasteiger charge is -2.27. The van der Waals surface area contributed by atoms with E-state index in [1.165, 1.54) is 9.47 Å². The molecule has 0 unspecified atom stereocenters. The van der Waals surface area contributed by atoms with Crippen molar-refractivity contribution in [2.45, 2.75) is 46.7 Å². The number of rotatable bonds is 10. The van der Waals surface area contributed by atoms with Gasteiger partial charge in [0.1, 0.15) is 5.82 Å². The molecule has 2 rings (SSSR count). The van der Waals surface area contributed by atoms with Crippen LogP contribution < -0.4 is 21.9 Å². The van der Waals surface area contributed by atoms with Crippen LogP contribution in [0.3, 0.4) is 0 Å². The second kappa shape index (κ2) is 11.3. The number of H-pyrrole nitrogens is 1. The molecule has 3 N–H and O–H groups in total. The highest BCUT2D eigenvalue weighted by atomic mass is 79.9. The van der Waals surface area contributed by atoms with Gasteiger partial charge in [0.25, 0.3) is 5.56 Å². The molecule has 0 fully saturated rings. The van der Waals surface area contributed by atoms with Crippen LogP contribution in [-0.4, -0.2) is 40.5 Å².